The Balaban J connectivity index is 1.89. The monoisotopic (exact) mass is 297 g/mol. The van der Waals surface area contributed by atoms with Crippen LogP contribution in [0.2, 0.25) is 5.02 Å². The highest BCUT2D eigenvalue weighted by Crippen LogP contribution is 2.24. The fourth-order valence-corrected chi connectivity index (χ4v) is 1.86. The van der Waals surface area contributed by atoms with Gasteiger partial charge in [0.1, 0.15) is 11.8 Å². The Morgan fingerprint density at radius 1 is 1.24 bits per heavy atom. The third-order valence-electron chi connectivity index (χ3n) is 2.65. The van der Waals surface area contributed by atoms with Crippen molar-refractivity contribution in [1.82, 2.24) is 20.0 Å². The zero-order valence-electron chi connectivity index (χ0n) is 10.6. The Labute approximate surface area is 125 Å². The molecule has 0 amide bonds. The maximum absolute atomic E-state index is 8.91. The molecule has 3 aromatic rings. The summed E-state index contributed by atoms with van der Waals surface area (Å²) in [5, 5.41) is 16.9. The van der Waals surface area contributed by atoms with Gasteiger partial charge in [-0.1, -0.05) is 22.9 Å². The van der Waals surface area contributed by atoms with E-state index in [0.717, 1.165) is 5.69 Å². The smallest absolute Gasteiger partial charge is 0.220 e. The Morgan fingerprint density at radius 2 is 2.14 bits per heavy atom. The fourth-order valence-electron chi connectivity index (χ4n) is 1.72. The number of hydrogen-bond acceptors (Lipinski definition) is 5. The van der Waals surface area contributed by atoms with Gasteiger partial charge in [-0.15, -0.1) is 5.10 Å². The number of halogens is 1. The summed E-state index contributed by atoms with van der Waals surface area (Å²) < 4.78 is 7.25. The van der Waals surface area contributed by atoms with Crippen molar-refractivity contribution in [3.63, 3.8) is 0 Å². The van der Waals surface area contributed by atoms with Crippen LogP contribution in [0.5, 0.6) is 11.6 Å². The van der Waals surface area contributed by atoms with Crippen molar-refractivity contribution in [2.75, 3.05) is 0 Å². The molecule has 0 unspecified atom stereocenters. The normalized spacial score (nSPS) is 10.1. The second kappa shape index (κ2) is 5.61. The molecule has 0 N–H and O–H groups in total. The van der Waals surface area contributed by atoms with Crippen LogP contribution in [0.1, 0.15) is 5.69 Å². The van der Waals surface area contributed by atoms with Crippen molar-refractivity contribution in [3.05, 3.63) is 59.5 Å². The van der Waals surface area contributed by atoms with Gasteiger partial charge in [0, 0.05) is 12.1 Å². The molecule has 0 saturated carbocycles. The molecule has 21 heavy (non-hydrogen) atoms. The number of hydrogen-bond donors (Lipinski definition) is 0. The van der Waals surface area contributed by atoms with Gasteiger partial charge in [0.2, 0.25) is 5.88 Å². The Kier molecular flexibility index (Phi) is 3.50. The van der Waals surface area contributed by atoms with Gasteiger partial charge in [-0.2, -0.15) is 5.26 Å². The Morgan fingerprint density at radius 3 is 2.90 bits per heavy atom. The van der Waals surface area contributed by atoms with Crippen molar-refractivity contribution >= 4 is 11.6 Å². The lowest BCUT2D eigenvalue weighted by molar-refractivity contribution is 0.462. The number of benzene rings is 1. The van der Waals surface area contributed by atoms with Gasteiger partial charge >= 0.3 is 0 Å². The predicted molar refractivity (Wildman–Crippen MR) is 75.4 cm³/mol. The van der Waals surface area contributed by atoms with Crippen LogP contribution in [-0.2, 0) is 0 Å². The zero-order valence-corrected chi connectivity index (χ0v) is 11.4. The molecule has 7 heteroatoms. The summed E-state index contributed by atoms with van der Waals surface area (Å²) >= 11 is 5.83. The molecule has 2 aromatic heterocycles. The molecule has 0 aliphatic carbocycles. The number of aromatic nitrogens is 4. The quantitative estimate of drug-likeness (QED) is 0.742. The van der Waals surface area contributed by atoms with Gasteiger partial charge in [0.05, 0.1) is 23.1 Å². The maximum atomic E-state index is 8.91. The zero-order chi connectivity index (χ0) is 14.7. The third-order valence-corrected chi connectivity index (χ3v) is 2.96. The summed E-state index contributed by atoms with van der Waals surface area (Å²) in [7, 11) is 0. The topological polar surface area (TPSA) is 76.6 Å². The number of pyridine rings is 1. The average molecular weight is 298 g/mol. The Bertz CT molecular complexity index is 810. The highest BCUT2D eigenvalue weighted by molar-refractivity contribution is 6.31. The molecule has 2 heterocycles. The van der Waals surface area contributed by atoms with E-state index < -0.39 is 0 Å². The van der Waals surface area contributed by atoms with Gasteiger partial charge < -0.3 is 4.74 Å². The SMILES string of the molecule is N#Cc1nc(Oc2cccc(-n3ccnn3)c2)ccc1Cl. The summed E-state index contributed by atoms with van der Waals surface area (Å²) in [5.74, 6) is 0.869. The highest BCUT2D eigenvalue weighted by Gasteiger charge is 2.06. The predicted octanol–water partition coefficient (Wildman–Crippen LogP) is 2.98. The van der Waals surface area contributed by atoms with Gasteiger partial charge in [0.25, 0.3) is 0 Å². The van der Waals surface area contributed by atoms with Crippen LogP contribution in [0.25, 0.3) is 5.69 Å². The molecule has 3 rings (SSSR count). The minimum atomic E-state index is 0.126. The fraction of sp³-hybridized carbons (Fsp3) is 0. The summed E-state index contributed by atoms with van der Waals surface area (Å²) in [6.45, 7) is 0. The molecular formula is C14H8ClN5O. The number of nitriles is 1. The van der Waals surface area contributed by atoms with Crippen molar-refractivity contribution in [2.24, 2.45) is 0 Å². The maximum Gasteiger partial charge on any atom is 0.220 e. The van der Waals surface area contributed by atoms with E-state index >= 15 is 0 Å². The van der Waals surface area contributed by atoms with Crippen molar-refractivity contribution < 1.29 is 4.74 Å². The van der Waals surface area contributed by atoms with Crippen LogP contribution in [0.15, 0.2) is 48.8 Å². The third kappa shape index (κ3) is 2.83. The molecule has 0 bridgehead atoms. The van der Waals surface area contributed by atoms with Gasteiger partial charge in [-0.05, 0) is 18.2 Å². The van der Waals surface area contributed by atoms with Crippen LogP contribution in [-0.4, -0.2) is 20.0 Å². The second-order valence-corrected chi connectivity index (χ2v) is 4.45. The van der Waals surface area contributed by atoms with E-state index in [4.69, 9.17) is 21.6 Å². The summed E-state index contributed by atoms with van der Waals surface area (Å²) in [5.41, 5.74) is 0.932. The molecule has 0 aliphatic heterocycles. The van der Waals surface area contributed by atoms with E-state index in [1.807, 2.05) is 18.2 Å². The molecular weight excluding hydrogens is 290 g/mol. The lowest BCUT2D eigenvalue weighted by Crippen LogP contribution is -1.96. The van der Waals surface area contributed by atoms with Crippen molar-refractivity contribution in [2.45, 2.75) is 0 Å². The first kappa shape index (κ1) is 13.1. The van der Waals surface area contributed by atoms with Crippen molar-refractivity contribution in [3.8, 4) is 23.4 Å². The van der Waals surface area contributed by atoms with Crippen LogP contribution in [0.3, 0.4) is 0 Å². The van der Waals surface area contributed by atoms with E-state index in [1.165, 1.54) is 0 Å². The summed E-state index contributed by atoms with van der Waals surface area (Å²) in [6.07, 6.45) is 3.32. The summed E-state index contributed by atoms with van der Waals surface area (Å²) in [6, 6.07) is 12.4. The lowest BCUT2D eigenvalue weighted by Gasteiger charge is -2.07. The van der Waals surface area contributed by atoms with E-state index in [1.54, 1.807) is 41.3 Å². The molecule has 0 spiro atoms. The van der Waals surface area contributed by atoms with E-state index in [-0.39, 0.29) is 5.69 Å². The molecule has 0 saturated heterocycles. The first-order valence-corrected chi connectivity index (χ1v) is 6.35. The van der Waals surface area contributed by atoms with Crippen molar-refractivity contribution in [1.29, 1.82) is 5.26 Å². The number of rotatable bonds is 3. The molecule has 1 aromatic carbocycles. The average Bonchev–Trinajstić information content (AvgIpc) is 3.04. The van der Waals surface area contributed by atoms with Crippen LogP contribution < -0.4 is 4.74 Å². The molecule has 0 fully saturated rings. The van der Waals surface area contributed by atoms with Gasteiger partial charge in [-0.3, -0.25) is 0 Å². The lowest BCUT2D eigenvalue weighted by atomic mass is 10.3. The Hall–Kier alpha value is -2.91. The van der Waals surface area contributed by atoms with Gasteiger partial charge in [0.15, 0.2) is 5.69 Å². The highest BCUT2D eigenvalue weighted by atomic mass is 35.5. The molecule has 0 radical (unpaired) electrons. The largest absolute Gasteiger partial charge is 0.439 e. The van der Waals surface area contributed by atoms with Crippen LogP contribution in [0.4, 0.5) is 0 Å². The van der Waals surface area contributed by atoms with E-state index in [0.29, 0.717) is 16.7 Å². The minimum absolute atomic E-state index is 0.126. The molecule has 102 valence electrons. The number of nitrogens with zero attached hydrogens (tertiary/aromatic N) is 5. The standard InChI is InChI=1S/C14H8ClN5O/c15-12-4-5-14(18-13(12)9-16)21-11-3-1-2-10(8-11)20-7-6-17-19-20/h1-8H. The van der Waals surface area contributed by atoms with E-state index in [2.05, 4.69) is 15.3 Å². The van der Waals surface area contributed by atoms with Crippen LogP contribution in [0, 0.1) is 11.3 Å². The van der Waals surface area contributed by atoms with E-state index in [9.17, 15) is 0 Å². The summed E-state index contributed by atoms with van der Waals surface area (Å²) in [4.78, 5) is 4.03. The van der Waals surface area contributed by atoms with Gasteiger partial charge in [-0.25, -0.2) is 9.67 Å². The number of ether oxygens (including phenoxy) is 1. The first-order chi connectivity index (χ1) is 10.3. The second-order valence-electron chi connectivity index (χ2n) is 4.04. The van der Waals surface area contributed by atoms with Crippen LogP contribution >= 0.6 is 11.6 Å². The first-order valence-electron chi connectivity index (χ1n) is 5.97. The molecule has 0 atom stereocenters. The molecule has 6 nitrogen and oxygen atoms in total. The minimum Gasteiger partial charge on any atom is -0.439 e. The molecule has 0 aliphatic rings.